The predicted octanol–water partition coefficient (Wildman–Crippen LogP) is 1.78. The van der Waals surface area contributed by atoms with Gasteiger partial charge in [-0.1, -0.05) is 20.3 Å². The number of alkyl halides is 3. The van der Waals surface area contributed by atoms with E-state index in [1.807, 2.05) is 13.8 Å². The van der Waals surface area contributed by atoms with Gasteiger partial charge in [0.25, 0.3) is 0 Å². The summed E-state index contributed by atoms with van der Waals surface area (Å²) >= 11 is 0. The van der Waals surface area contributed by atoms with Gasteiger partial charge in [-0.05, 0) is 12.3 Å². The lowest BCUT2D eigenvalue weighted by atomic mass is 10.1. The quantitative estimate of drug-likeness (QED) is 0.820. The Morgan fingerprint density at radius 3 is 2.19 bits per heavy atom. The molecule has 96 valence electrons. The maximum Gasteiger partial charge on any atom is 0.516 e. The molecule has 0 aliphatic heterocycles. The van der Waals surface area contributed by atoms with Crippen molar-refractivity contribution in [1.29, 1.82) is 0 Å². The number of hydrogen-bond acceptors (Lipinski definition) is 3. The molecule has 16 heavy (non-hydrogen) atoms. The number of amides is 1. The number of nitrogens with one attached hydrogen (secondary N) is 1. The van der Waals surface area contributed by atoms with E-state index in [9.17, 15) is 26.4 Å². The Bertz CT molecular complexity index is 335. The second-order valence-electron chi connectivity index (χ2n) is 3.76. The van der Waals surface area contributed by atoms with Crippen LogP contribution < -0.4 is 4.72 Å². The zero-order chi connectivity index (χ0) is 13.0. The van der Waals surface area contributed by atoms with Crippen LogP contribution in [-0.2, 0) is 14.8 Å². The summed E-state index contributed by atoms with van der Waals surface area (Å²) in [6.07, 6.45) is 0.782. The third kappa shape index (κ3) is 5.34. The molecule has 0 saturated carbocycles. The number of sulfonamides is 1. The molecule has 0 aliphatic rings. The van der Waals surface area contributed by atoms with Crippen LogP contribution >= 0.6 is 0 Å². The van der Waals surface area contributed by atoms with Gasteiger partial charge in [0.2, 0.25) is 5.91 Å². The molecule has 8 heteroatoms. The van der Waals surface area contributed by atoms with Gasteiger partial charge in [0, 0.05) is 6.42 Å². The third-order valence-electron chi connectivity index (χ3n) is 1.74. The van der Waals surface area contributed by atoms with E-state index in [1.54, 1.807) is 0 Å². The Kier molecular flexibility index (Phi) is 5.24. The van der Waals surface area contributed by atoms with E-state index in [-0.39, 0.29) is 6.42 Å². The summed E-state index contributed by atoms with van der Waals surface area (Å²) in [6, 6.07) is 0. The van der Waals surface area contributed by atoms with Crippen molar-refractivity contribution < 1.29 is 26.4 Å². The molecule has 0 spiro atoms. The van der Waals surface area contributed by atoms with Crippen molar-refractivity contribution in [3.05, 3.63) is 0 Å². The Balaban J connectivity index is 4.17. The Morgan fingerprint density at radius 2 is 1.81 bits per heavy atom. The van der Waals surface area contributed by atoms with Crippen molar-refractivity contribution in [2.75, 3.05) is 0 Å². The van der Waals surface area contributed by atoms with Crippen molar-refractivity contribution in [3.8, 4) is 0 Å². The minimum absolute atomic E-state index is 0.229. The summed E-state index contributed by atoms with van der Waals surface area (Å²) in [7, 11) is -5.55. The molecule has 0 aromatic carbocycles. The molecule has 0 rings (SSSR count). The zero-order valence-electron chi connectivity index (χ0n) is 8.97. The third-order valence-corrected chi connectivity index (χ3v) is 2.84. The van der Waals surface area contributed by atoms with Gasteiger partial charge in [0.05, 0.1) is 0 Å². The maximum absolute atomic E-state index is 11.8. The van der Waals surface area contributed by atoms with Gasteiger partial charge in [0.1, 0.15) is 0 Å². The normalized spacial score (nSPS) is 12.9. The van der Waals surface area contributed by atoms with Gasteiger partial charge in [-0.2, -0.15) is 21.6 Å². The van der Waals surface area contributed by atoms with Gasteiger partial charge in [-0.3, -0.25) is 4.79 Å². The summed E-state index contributed by atoms with van der Waals surface area (Å²) in [6.45, 7) is 3.79. The topological polar surface area (TPSA) is 63.2 Å². The molecule has 0 bridgehead atoms. The number of halogens is 3. The lowest BCUT2D eigenvalue weighted by Crippen LogP contribution is -2.40. The molecule has 0 unspecified atom stereocenters. The molecule has 0 fully saturated rings. The summed E-state index contributed by atoms with van der Waals surface area (Å²) in [5.74, 6) is -0.815. The first-order valence-electron chi connectivity index (χ1n) is 4.68. The minimum atomic E-state index is -5.55. The number of carbonyl (C=O) groups excluding carboxylic acids is 1. The molecule has 0 heterocycles. The summed E-state index contributed by atoms with van der Waals surface area (Å²) in [5, 5.41) is 0. The number of rotatable bonds is 5. The van der Waals surface area contributed by atoms with E-state index in [0.717, 1.165) is 4.72 Å². The first kappa shape index (κ1) is 15.2. The molecule has 0 aromatic rings. The summed E-state index contributed by atoms with van der Waals surface area (Å²) < 4.78 is 57.5. The van der Waals surface area contributed by atoms with E-state index in [0.29, 0.717) is 18.8 Å². The van der Waals surface area contributed by atoms with Crippen LogP contribution in [0.3, 0.4) is 0 Å². The number of hydrogen-bond donors (Lipinski definition) is 1. The Morgan fingerprint density at radius 1 is 1.31 bits per heavy atom. The van der Waals surface area contributed by atoms with Gasteiger partial charge in [0.15, 0.2) is 0 Å². The van der Waals surface area contributed by atoms with Crippen molar-refractivity contribution in [2.24, 2.45) is 5.92 Å². The second-order valence-corrected chi connectivity index (χ2v) is 5.43. The fraction of sp³-hybridized carbons (Fsp3) is 0.875. The highest BCUT2D eigenvalue weighted by Crippen LogP contribution is 2.21. The highest BCUT2D eigenvalue weighted by molar-refractivity contribution is 7.90. The lowest BCUT2D eigenvalue weighted by molar-refractivity contribution is -0.120. The maximum atomic E-state index is 11.8. The van der Waals surface area contributed by atoms with Crippen molar-refractivity contribution in [2.45, 2.75) is 38.6 Å². The van der Waals surface area contributed by atoms with Crippen molar-refractivity contribution in [3.63, 3.8) is 0 Å². The van der Waals surface area contributed by atoms with E-state index in [1.165, 1.54) is 0 Å². The molecule has 1 amide bonds. The van der Waals surface area contributed by atoms with Gasteiger partial charge in [-0.25, -0.2) is 4.72 Å². The molecule has 0 aliphatic carbocycles. The highest BCUT2D eigenvalue weighted by atomic mass is 32.2. The highest BCUT2D eigenvalue weighted by Gasteiger charge is 2.46. The zero-order valence-corrected chi connectivity index (χ0v) is 9.78. The van der Waals surface area contributed by atoms with Gasteiger partial charge >= 0.3 is 15.5 Å². The lowest BCUT2D eigenvalue weighted by Gasteiger charge is -2.09. The average molecular weight is 261 g/mol. The monoisotopic (exact) mass is 261 g/mol. The van der Waals surface area contributed by atoms with Crippen LogP contribution in [0.5, 0.6) is 0 Å². The van der Waals surface area contributed by atoms with Gasteiger partial charge in [-0.15, -0.1) is 0 Å². The van der Waals surface area contributed by atoms with E-state index in [4.69, 9.17) is 0 Å². The molecule has 4 nitrogen and oxygen atoms in total. The van der Waals surface area contributed by atoms with Crippen molar-refractivity contribution in [1.82, 2.24) is 4.72 Å². The first-order chi connectivity index (χ1) is 7.06. The van der Waals surface area contributed by atoms with Gasteiger partial charge < -0.3 is 0 Å². The molecule has 0 aromatic heterocycles. The molecule has 1 N–H and O–H groups in total. The van der Waals surface area contributed by atoms with Crippen LogP contribution in [0.25, 0.3) is 0 Å². The molecule has 0 atom stereocenters. The predicted molar refractivity (Wildman–Crippen MR) is 51.8 cm³/mol. The molecular formula is C8H14F3NO3S. The largest absolute Gasteiger partial charge is 0.516 e. The molecule has 0 radical (unpaired) electrons. The summed E-state index contributed by atoms with van der Waals surface area (Å²) in [5.41, 5.74) is -5.44. The second kappa shape index (κ2) is 5.51. The fourth-order valence-corrected chi connectivity index (χ4v) is 1.45. The first-order valence-corrected chi connectivity index (χ1v) is 6.16. The van der Waals surface area contributed by atoms with E-state index in [2.05, 4.69) is 0 Å². The molecule has 0 saturated heterocycles. The van der Waals surface area contributed by atoms with E-state index < -0.39 is 21.4 Å². The van der Waals surface area contributed by atoms with Crippen LogP contribution in [0.2, 0.25) is 0 Å². The standard InChI is InChI=1S/C8H14F3NO3S/c1-6(2)4-3-5-7(13)12-16(14,15)8(9,10)11/h6H,3-5H2,1-2H3,(H,12,13). The van der Waals surface area contributed by atoms with Crippen LogP contribution in [-0.4, -0.2) is 19.8 Å². The smallest absolute Gasteiger partial charge is 0.274 e. The fourth-order valence-electron chi connectivity index (χ4n) is 0.930. The molecular weight excluding hydrogens is 247 g/mol. The average Bonchev–Trinajstić information content (AvgIpc) is 1.99. The van der Waals surface area contributed by atoms with E-state index >= 15 is 0 Å². The Labute approximate surface area is 92.3 Å². The summed E-state index contributed by atoms with van der Waals surface area (Å²) in [4.78, 5) is 10.9. The van der Waals surface area contributed by atoms with Crippen LogP contribution in [0.4, 0.5) is 13.2 Å². The van der Waals surface area contributed by atoms with Crippen LogP contribution in [0, 0.1) is 5.92 Å². The Hall–Kier alpha value is -0.790. The van der Waals surface area contributed by atoms with Crippen LogP contribution in [0.15, 0.2) is 0 Å². The number of carbonyl (C=O) groups is 1. The van der Waals surface area contributed by atoms with Crippen molar-refractivity contribution >= 4 is 15.9 Å². The van der Waals surface area contributed by atoms with Crippen LogP contribution in [0.1, 0.15) is 33.1 Å². The minimum Gasteiger partial charge on any atom is -0.274 e. The SMILES string of the molecule is CC(C)CCCC(=O)NS(=O)(=O)C(F)(F)F.